The average molecular weight is 637 g/mol. The second-order valence-electron chi connectivity index (χ2n) is 9.60. The van der Waals surface area contributed by atoms with Gasteiger partial charge in [-0.15, -0.1) is 0 Å². The van der Waals surface area contributed by atoms with E-state index in [-0.39, 0.29) is 28.8 Å². The van der Waals surface area contributed by atoms with Crippen LogP contribution in [-0.2, 0) is 26.2 Å². The van der Waals surface area contributed by atoms with Gasteiger partial charge in [-0.25, -0.2) is 8.42 Å². The third-order valence-electron chi connectivity index (χ3n) is 6.60. The highest BCUT2D eigenvalue weighted by Crippen LogP contribution is 2.32. The predicted octanol–water partition coefficient (Wildman–Crippen LogP) is 5.46. The summed E-state index contributed by atoms with van der Waals surface area (Å²) in [6.07, 6.45) is 0.712. The van der Waals surface area contributed by atoms with Crippen molar-refractivity contribution >= 4 is 50.7 Å². The van der Waals surface area contributed by atoms with E-state index in [1.807, 2.05) is 13.8 Å². The number of nitrogens with one attached hydrogen (secondary N) is 1. The molecule has 12 heteroatoms. The fourth-order valence-electron chi connectivity index (χ4n) is 4.16. The lowest BCUT2D eigenvalue weighted by Crippen LogP contribution is -2.51. The van der Waals surface area contributed by atoms with Crippen LogP contribution >= 0.6 is 23.2 Å². The second kappa shape index (κ2) is 14.6. The van der Waals surface area contributed by atoms with Crippen molar-refractivity contribution in [1.82, 2.24) is 10.2 Å². The number of rotatable bonds is 13. The summed E-state index contributed by atoms with van der Waals surface area (Å²) in [5.74, 6) is -0.384. The van der Waals surface area contributed by atoms with Crippen LogP contribution in [0.3, 0.4) is 0 Å². The van der Waals surface area contributed by atoms with Crippen molar-refractivity contribution < 1.29 is 27.5 Å². The summed E-state index contributed by atoms with van der Waals surface area (Å²) in [7, 11) is -1.44. The number of aryl methyl sites for hydroxylation is 1. The average Bonchev–Trinajstić information content (AvgIpc) is 2.98. The molecule has 0 spiro atoms. The zero-order chi connectivity index (χ0) is 31.0. The SMILES string of the molecule is CCCNC(=O)[C@H](C)N(Cc1ccc(Cl)c(Cl)c1)C(=O)CN(c1ccc(C)cc1)S(=O)(=O)c1ccc(OC)c(OC)c1. The summed E-state index contributed by atoms with van der Waals surface area (Å²) in [6.45, 7) is 5.24. The fraction of sp³-hybridized carbons (Fsp3) is 0.333. The zero-order valence-electron chi connectivity index (χ0n) is 24.2. The standard InChI is InChI=1S/C30H35Cl2N3O6S/c1-6-15-33-30(37)21(3)34(18-22-9-13-25(31)26(32)16-22)29(36)19-35(23-10-7-20(2)8-11-23)42(38,39)24-12-14-27(40-4)28(17-24)41-5/h7-14,16-17,21H,6,15,18-19H2,1-5H3,(H,33,37)/t21-/m0/s1. The van der Waals surface area contributed by atoms with Gasteiger partial charge in [0.2, 0.25) is 11.8 Å². The number of sulfonamides is 1. The zero-order valence-corrected chi connectivity index (χ0v) is 26.5. The normalized spacial score (nSPS) is 11.9. The molecule has 0 saturated carbocycles. The van der Waals surface area contributed by atoms with Crippen molar-refractivity contribution in [3.8, 4) is 11.5 Å². The first kappa shape index (κ1) is 33.0. The van der Waals surface area contributed by atoms with E-state index in [4.69, 9.17) is 32.7 Å². The molecule has 1 atom stereocenters. The Morgan fingerprint density at radius 1 is 0.929 bits per heavy atom. The molecule has 2 amide bonds. The van der Waals surface area contributed by atoms with E-state index in [0.29, 0.717) is 34.3 Å². The van der Waals surface area contributed by atoms with Gasteiger partial charge in [-0.1, -0.05) is 53.9 Å². The highest BCUT2D eigenvalue weighted by atomic mass is 35.5. The predicted molar refractivity (Wildman–Crippen MR) is 165 cm³/mol. The lowest BCUT2D eigenvalue weighted by atomic mass is 10.1. The van der Waals surface area contributed by atoms with E-state index in [1.165, 1.54) is 37.3 Å². The number of anilines is 1. The topological polar surface area (TPSA) is 105 Å². The van der Waals surface area contributed by atoms with Crippen LogP contribution in [-0.4, -0.2) is 58.5 Å². The number of carbonyl (C=O) groups is 2. The molecule has 0 heterocycles. The molecular formula is C30H35Cl2N3O6S. The molecule has 3 rings (SSSR count). The number of hydrogen-bond donors (Lipinski definition) is 1. The van der Waals surface area contributed by atoms with Crippen LogP contribution < -0.4 is 19.1 Å². The minimum atomic E-state index is -4.29. The van der Waals surface area contributed by atoms with Crippen molar-refractivity contribution in [2.24, 2.45) is 0 Å². The van der Waals surface area contributed by atoms with Crippen LogP contribution in [0.4, 0.5) is 5.69 Å². The Bertz CT molecular complexity index is 1520. The number of halogens is 2. The van der Waals surface area contributed by atoms with Crippen LogP contribution in [0.1, 0.15) is 31.4 Å². The molecule has 3 aromatic rings. The lowest BCUT2D eigenvalue weighted by Gasteiger charge is -2.32. The minimum absolute atomic E-state index is 0.00538. The lowest BCUT2D eigenvalue weighted by molar-refractivity contribution is -0.139. The minimum Gasteiger partial charge on any atom is -0.493 e. The largest absolute Gasteiger partial charge is 0.493 e. The molecule has 0 bridgehead atoms. The molecule has 9 nitrogen and oxygen atoms in total. The quantitative estimate of drug-likeness (QED) is 0.267. The third-order valence-corrected chi connectivity index (χ3v) is 9.11. The summed E-state index contributed by atoms with van der Waals surface area (Å²) in [6, 6.07) is 15.0. The van der Waals surface area contributed by atoms with Crippen LogP contribution in [0.25, 0.3) is 0 Å². The molecule has 3 aromatic carbocycles. The van der Waals surface area contributed by atoms with Gasteiger partial charge in [-0.2, -0.15) is 0 Å². The van der Waals surface area contributed by atoms with E-state index in [9.17, 15) is 18.0 Å². The highest BCUT2D eigenvalue weighted by Gasteiger charge is 2.33. The monoisotopic (exact) mass is 635 g/mol. The first-order valence-corrected chi connectivity index (χ1v) is 15.4. The summed E-state index contributed by atoms with van der Waals surface area (Å²) in [4.78, 5) is 28.2. The molecule has 0 aliphatic rings. The van der Waals surface area contributed by atoms with Crippen LogP contribution in [0, 0.1) is 6.92 Å². The molecule has 0 aromatic heterocycles. The van der Waals surface area contributed by atoms with Crippen molar-refractivity contribution in [2.45, 2.75) is 44.7 Å². The third kappa shape index (κ3) is 7.87. The van der Waals surface area contributed by atoms with Gasteiger partial charge >= 0.3 is 0 Å². The van der Waals surface area contributed by atoms with Gasteiger partial charge in [0.1, 0.15) is 12.6 Å². The Hall–Kier alpha value is -3.47. The van der Waals surface area contributed by atoms with Gasteiger partial charge in [0.15, 0.2) is 11.5 Å². The molecule has 0 saturated heterocycles. The Kier molecular flexibility index (Phi) is 11.5. The summed E-state index contributed by atoms with van der Waals surface area (Å²) >= 11 is 12.3. The van der Waals surface area contributed by atoms with Crippen LogP contribution in [0.15, 0.2) is 65.6 Å². The maximum atomic E-state index is 14.1. The Morgan fingerprint density at radius 3 is 2.19 bits per heavy atom. The second-order valence-corrected chi connectivity index (χ2v) is 12.3. The first-order chi connectivity index (χ1) is 19.9. The van der Waals surface area contributed by atoms with E-state index in [2.05, 4.69) is 5.32 Å². The van der Waals surface area contributed by atoms with Gasteiger partial charge in [0, 0.05) is 19.2 Å². The number of methoxy groups -OCH3 is 2. The van der Waals surface area contributed by atoms with Gasteiger partial charge < -0.3 is 19.7 Å². The van der Waals surface area contributed by atoms with Crippen molar-refractivity contribution in [2.75, 3.05) is 31.6 Å². The molecule has 226 valence electrons. The van der Waals surface area contributed by atoms with Crippen LogP contribution in [0.2, 0.25) is 10.0 Å². The number of nitrogens with zero attached hydrogens (tertiary/aromatic N) is 2. The molecule has 42 heavy (non-hydrogen) atoms. The Morgan fingerprint density at radius 2 is 1.60 bits per heavy atom. The fourth-order valence-corrected chi connectivity index (χ4v) is 5.91. The Balaban J connectivity index is 2.07. The van der Waals surface area contributed by atoms with Crippen molar-refractivity contribution in [1.29, 1.82) is 0 Å². The first-order valence-electron chi connectivity index (χ1n) is 13.3. The van der Waals surface area contributed by atoms with Gasteiger partial charge in [0.05, 0.1) is 34.8 Å². The summed E-state index contributed by atoms with van der Waals surface area (Å²) in [5.41, 5.74) is 1.81. The van der Waals surface area contributed by atoms with Crippen molar-refractivity contribution in [3.05, 3.63) is 81.8 Å². The molecule has 0 aliphatic carbocycles. The van der Waals surface area contributed by atoms with Gasteiger partial charge in [-0.05, 0) is 62.2 Å². The van der Waals surface area contributed by atoms with E-state index in [1.54, 1.807) is 49.4 Å². The summed E-state index contributed by atoms with van der Waals surface area (Å²) in [5, 5.41) is 3.45. The number of amides is 2. The van der Waals surface area contributed by atoms with Crippen molar-refractivity contribution in [3.63, 3.8) is 0 Å². The smallest absolute Gasteiger partial charge is 0.264 e. The Labute approximate surface area is 257 Å². The number of ether oxygens (including phenoxy) is 2. The number of benzene rings is 3. The van der Waals surface area contributed by atoms with Crippen LogP contribution in [0.5, 0.6) is 11.5 Å². The molecule has 0 aliphatic heterocycles. The summed E-state index contributed by atoms with van der Waals surface area (Å²) < 4.78 is 39.8. The number of carbonyl (C=O) groups excluding carboxylic acids is 2. The maximum Gasteiger partial charge on any atom is 0.264 e. The molecule has 0 unspecified atom stereocenters. The molecule has 0 radical (unpaired) electrons. The number of hydrogen-bond acceptors (Lipinski definition) is 6. The van der Waals surface area contributed by atoms with E-state index < -0.39 is 28.5 Å². The maximum absolute atomic E-state index is 14.1. The molecule has 0 fully saturated rings. The molecular weight excluding hydrogens is 601 g/mol. The molecule has 1 N–H and O–H groups in total. The highest BCUT2D eigenvalue weighted by molar-refractivity contribution is 7.92. The van der Waals surface area contributed by atoms with Gasteiger partial charge in [-0.3, -0.25) is 13.9 Å². The van der Waals surface area contributed by atoms with E-state index in [0.717, 1.165) is 9.87 Å². The van der Waals surface area contributed by atoms with Gasteiger partial charge in [0.25, 0.3) is 10.0 Å². The van der Waals surface area contributed by atoms with E-state index >= 15 is 0 Å².